The van der Waals surface area contributed by atoms with Crippen molar-refractivity contribution in [3.05, 3.63) is 84.6 Å². The van der Waals surface area contributed by atoms with E-state index in [1.165, 1.54) is 23.5 Å². The van der Waals surface area contributed by atoms with Crippen molar-refractivity contribution >= 4 is 50.5 Å². The first-order chi connectivity index (χ1) is 18.4. The first kappa shape index (κ1) is 25.3. The molecule has 11 heteroatoms. The van der Waals surface area contributed by atoms with Crippen LogP contribution in [-0.4, -0.2) is 32.7 Å². The largest absolute Gasteiger partial charge is 0.496 e. The zero-order valence-corrected chi connectivity index (χ0v) is 22.0. The minimum absolute atomic E-state index is 0.0427. The van der Waals surface area contributed by atoms with Crippen molar-refractivity contribution in [2.24, 2.45) is 7.05 Å². The van der Waals surface area contributed by atoms with Crippen molar-refractivity contribution in [2.45, 2.75) is 6.42 Å². The van der Waals surface area contributed by atoms with Crippen molar-refractivity contribution in [1.82, 2.24) is 19.9 Å². The number of pyridine rings is 1. The highest BCUT2D eigenvalue weighted by atomic mass is 32.1. The van der Waals surface area contributed by atoms with Crippen LogP contribution in [0, 0.1) is 5.82 Å². The molecule has 0 spiro atoms. The van der Waals surface area contributed by atoms with E-state index in [0.29, 0.717) is 17.2 Å². The van der Waals surface area contributed by atoms with Crippen LogP contribution in [0.3, 0.4) is 0 Å². The second-order valence-corrected chi connectivity index (χ2v) is 9.69. The third-order valence-corrected chi connectivity index (χ3v) is 6.96. The van der Waals surface area contributed by atoms with Gasteiger partial charge in [0.25, 0.3) is 0 Å². The van der Waals surface area contributed by atoms with Gasteiger partial charge in [0, 0.05) is 49.0 Å². The molecule has 3 heterocycles. The molecule has 192 valence electrons. The average Bonchev–Trinajstić information content (AvgIpc) is 3.52. The number of benzene rings is 2. The molecule has 5 aromatic rings. The SMILES string of the molecule is COc1ccccc1CC(=O)NC(=S)Nc1ccc(Oc2ccnc3cc(-c4nccn4C)sc23)c(F)c1. The normalized spacial score (nSPS) is 10.8. The first-order valence-corrected chi connectivity index (χ1v) is 12.7. The van der Waals surface area contributed by atoms with Gasteiger partial charge in [0.05, 0.1) is 28.6 Å². The van der Waals surface area contributed by atoms with Crippen LogP contribution in [-0.2, 0) is 18.3 Å². The molecule has 0 atom stereocenters. The summed E-state index contributed by atoms with van der Waals surface area (Å²) in [6.45, 7) is 0. The molecule has 0 aliphatic rings. The van der Waals surface area contributed by atoms with Crippen molar-refractivity contribution in [2.75, 3.05) is 12.4 Å². The van der Waals surface area contributed by atoms with Crippen LogP contribution in [0.15, 0.2) is 73.2 Å². The van der Waals surface area contributed by atoms with Gasteiger partial charge in [-0.25, -0.2) is 9.37 Å². The molecular formula is C27H22FN5O3S2. The minimum Gasteiger partial charge on any atom is -0.496 e. The van der Waals surface area contributed by atoms with Gasteiger partial charge in [-0.1, -0.05) is 18.2 Å². The summed E-state index contributed by atoms with van der Waals surface area (Å²) >= 11 is 6.70. The van der Waals surface area contributed by atoms with Crippen molar-refractivity contribution in [3.63, 3.8) is 0 Å². The molecule has 0 aliphatic heterocycles. The molecule has 2 N–H and O–H groups in total. The number of carbonyl (C=O) groups excluding carboxylic acids is 1. The number of thiocarbonyl (C=S) groups is 1. The van der Waals surface area contributed by atoms with Crippen LogP contribution < -0.4 is 20.1 Å². The van der Waals surface area contributed by atoms with Crippen LogP contribution in [0.1, 0.15) is 5.56 Å². The molecule has 3 aromatic heterocycles. The summed E-state index contributed by atoms with van der Waals surface area (Å²) in [5, 5.41) is 5.48. The van der Waals surface area contributed by atoms with E-state index in [2.05, 4.69) is 20.6 Å². The quantitative estimate of drug-likeness (QED) is 0.253. The maximum absolute atomic E-state index is 15.0. The maximum atomic E-state index is 15.0. The number of aromatic nitrogens is 3. The number of nitrogens with zero attached hydrogens (tertiary/aromatic N) is 3. The molecular weight excluding hydrogens is 525 g/mol. The Labute approximate surface area is 227 Å². The van der Waals surface area contributed by atoms with Crippen molar-refractivity contribution in [3.8, 4) is 28.0 Å². The summed E-state index contributed by atoms with van der Waals surface area (Å²) in [4.78, 5) is 22.1. The Hall–Kier alpha value is -4.35. The van der Waals surface area contributed by atoms with Gasteiger partial charge in [0.15, 0.2) is 16.7 Å². The van der Waals surface area contributed by atoms with E-state index in [-0.39, 0.29) is 23.2 Å². The van der Waals surface area contributed by atoms with Crippen LogP contribution in [0.4, 0.5) is 10.1 Å². The fourth-order valence-corrected chi connectivity index (χ4v) is 5.18. The number of para-hydroxylation sites is 1. The van der Waals surface area contributed by atoms with Gasteiger partial charge < -0.3 is 24.7 Å². The number of hydrogen-bond donors (Lipinski definition) is 2. The average molecular weight is 548 g/mol. The summed E-state index contributed by atoms with van der Waals surface area (Å²) in [5.41, 5.74) is 1.83. The minimum atomic E-state index is -0.594. The predicted octanol–water partition coefficient (Wildman–Crippen LogP) is 5.69. The van der Waals surface area contributed by atoms with E-state index in [4.69, 9.17) is 21.7 Å². The maximum Gasteiger partial charge on any atom is 0.230 e. The summed E-state index contributed by atoms with van der Waals surface area (Å²) in [6.07, 6.45) is 5.30. The molecule has 8 nitrogen and oxygen atoms in total. The number of thiophene rings is 1. The lowest BCUT2D eigenvalue weighted by Crippen LogP contribution is -2.35. The van der Waals surface area contributed by atoms with Gasteiger partial charge in [0.2, 0.25) is 5.91 Å². The molecule has 0 fully saturated rings. The highest BCUT2D eigenvalue weighted by Gasteiger charge is 2.15. The first-order valence-electron chi connectivity index (χ1n) is 11.5. The fourth-order valence-electron chi connectivity index (χ4n) is 3.84. The number of imidazole rings is 1. The zero-order valence-electron chi connectivity index (χ0n) is 20.4. The second kappa shape index (κ2) is 11.0. The third kappa shape index (κ3) is 5.48. The van der Waals surface area contributed by atoms with Gasteiger partial charge in [0.1, 0.15) is 17.3 Å². The second-order valence-electron chi connectivity index (χ2n) is 8.23. The predicted molar refractivity (Wildman–Crippen MR) is 149 cm³/mol. The lowest BCUT2D eigenvalue weighted by molar-refractivity contribution is -0.119. The van der Waals surface area contributed by atoms with E-state index >= 15 is 0 Å². The van der Waals surface area contributed by atoms with E-state index in [1.807, 2.05) is 36.0 Å². The van der Waals surface area contributed by atoms with Crippen LogP contribution >= 0.6 is 23.6 Å². The summed E-state index contributed by atoms with van der Waals surface area (Å²) in [7, 11) is 3.46. The Balaban J connectivity index is 1.26. The van der Waals surface area contributed by atoms with Crippen molar-refractivity contribution < 1.29 is 18.7 Å². The van der Waals surface area contributed by atoms with E-state index in [9.17, 15) is 9.18 Å². The number of ether oxygens (including phenoxy) is 2. The zero-order chi connectivity index (χ0) is 26.6. The summed E-state index contributed by atoms with van der Waals surface area (Å²) in [6, 6.07) is 15.2. The number of rotatable bonds is 7. The molecule has 1 amide bonds. The molecule has 0 saturated carbocycles. The van der Waals surface area contributed by atoms with Gasteiger partial charge in [-0.2, -0.15) is 0 Å². The molecule has 0 radical (unpaired) electrons. The Kier molecular flexibility index (Phi) is 7.29. The number of aryl methyl sites for hydroxylation is 1. The van der Waals surface area contributed by atoms with Gasteiger partial charge >= 0.3 is 0 Å². The number of halogens is 1. The Morgan fingerprint density at radius 1 is 1.08 bits per heavy atom. The monoisotopic (exact) mass is 547 g/mol. The Bertz CT molecular complexity index is 1650. The number of amides is 1. The number of anilines is 1. The van der Waals surface area contributed by atoms with E-state index < -0.39 is 5.82 Å². The van der Waals surface area contributed by atoms with E-state index in [1.54, 1.807) is 43.8 Å². The standard InChI is InChI=1S/C27H22FN5O3S2/c1-33-12-11-30-26(33)23-15-19-25(38-23)22(9-10-29-19)36-21-8-7-17(14-18(21)28)31-27(37)32-24(34)13-16-5-3-4-6-20(16)35-2/h3-12,14-15H,13H2,1-2H3,(H2,31,32,34,37). The molecule has 0 saturated heterocycles. The lowest BCUT2D eigenvalue weighted by atomic mass is 10.1. The van der Waals surface area contributed by atoms with E-state index in [0.717, 1.165) is 26.5 Å². The third-order valence-electron chi connectivity index (χ3n) is 5.62. The molecule has 0 unspecified atom stereocenters. The number of fused-ring (bicyclic) bond motifs is 1. The Morgan fingerprint density at radius 3 is 2.68 bits per heavy atom. The molecule has 2 aromatic carbocycles. The van der Waals surface area contributed by atoms with Crippen LogP contribution in [0.25, 0.3) is 20.9 Å². The topological polar surface area (TPSA) is 90.3 Å². The molecule has 38 heavy (non-hydrogen) atoms. The molecule has 5 rings (SSSR count). The van der Waals surface area contributed by atoms with Gasteiger partial charge in [-0.05, 0) is 36.5 Å². The van der Waals surface area contributed by atoms with Crippen molar-refractivity contribution in [1.29, 1.82) is 0 Å². The summed E-state index contributed by atoms with van der Waals surface area (Å²) < 4.78 is 28.9. The number of hydrogen-bond acceptors (Lipinski definition) is 7. The molecule has 0 bridgehead atoms. The lowest BCUT2D eigenvalue weighted by Gasteiger charge is -2.12. The number of nitrogens with one attached hydrogen (secondary N) is 2. The molecule has 0 aliphatic carbocycles. The number of methoxy groups -OCH3 is 1. The fraction of sp³-hybridized carbons (Fsp3) is 0.111. The summed E-state index contributed by atoms with van der Waals surface area (Å²) in [5.74, 6) is 1.03. The smallest absolute Gasteiger partial charge is 0.230 e. The van der Waals surface area contributed by atoms with Crippen LogP contribution in [0.5, 0.6) is 17.2 Å². The highest BCUT2D eigenvalue weighted by molar-refractivity contribution is 7.80. The van der Waals surface area contributed by atoms with Gasteiger partial charge in [-0.3, -0.25) is 9.78 Å². The highest BCUT2D eigenvalue weighted by Crippen LogP contribution is 2.39. The van der Waals surface area contributed by atoms with Crippen LogP contribution in [0.2, 0.25) is 0 Å². The Morgan fingerprint density at radius 2 is 1.92 bits per heavy atom. The van der Waals surface area contributed by atoms with Gasteiger partial charge in [-0.15, -0.1) is 11.3 Å². The number of carbonyl (C=O) groups is 1.